The summed E-state index contributed by atoms with van der Waals surface area (Å²) < 4.78 is 5.66. The summed E-state index contributed by atoms with van der Waals surface area (Å²) in [5, 5.41) is 30.9. The molecule has 1 amide bonds. The average molecular weight is 484 g/mol. The second kappa shape index (κ2) is 7.76. The van der Waals surface area contributed by atoms with Gasteiger partial charge in [0, 0.05) is 31.6 Å². The van der Waals surface area contributed by atoms with Gasteiger partial charge in [-0.3, -0.25) is 0 Å². The second-order valence-electron chi connectivity index (χ2n) is 7.64. The minimum Gasteiger partial charge on any atom is -0.504 e. The van der Waals surface area contributed by atoms with E-state index >= 15 is 0 Å². The number of hydrogen-bond donors (Lipinski definition) is 2. The summed E-state index contributed by atoms with van der Waals surface area (Å²) in [6, 6.07) is 3.56. The van der Waals surface area contributed by atoms with Crippen molar-refractivity contribution in [2.75, 3.05) is 31.1 Å². The Hall–Kier alpha value is -2.44. The highest BCUT2D eigenvalue weighted by molar-refractivity contribution is 9.10. The smallest absolute Gasteiger partial charge is 0.410 e. The molecule has 0 spiro atoms. The Morgan fingerprint density at radius 3 is 2.48 bits per heavy atom. The maximum atomic E-state index is 12.3. The van der Waals surface area contributed by atoms with Crippen molar-refractivity contribution in [2.24, 2.45) is 0 Å². The van der Waals surface area contributed by atoms with E-state index in [9.17, 15) is 20.3 Å². The van der Waals surface area contributed by atoms with Gasteiger partial charge in [-0.15, -0.1) is 0 Å². The zero-order chi connectivity index (χ0) is 21.5. The number of phenolic OH excluding ortho intramolecular Hbond substituents is 1. The molecule has 2 aromatic rings. The number of nitrogens with zero attached hydrogens (tertiary/aromatic N) is 4. The molecule has 8 nitrogen and oxygen atoms in total. The van der Waals surface area contributed by atoms with Crippen molar-refractivity contribution in [3.05, 3.63) is 21.1 Å². The zero-order valence-corrected chi connectivity index (χ0v) is 18.5. The van der Waals surface area contributed by atoms with Crippen LogP contribution in [-0.4, -0.2) is 58.0 Å². The highest BCUT2D eigenvalue weighted by atomic mass is 79.9. The lowest BCUT2D eigenvalue weighted by Crippen LogP contribution is -2.50. The Bertz CT molecular complexity index is 1020. The van der Waals surface area contributed by atoms with Gasteiger partial charge < -0.3 is 24.7 Å². The van der Waals surface area contributed by atoms with E-state index in [4.69, 9.17) is 16.3 Å². The number of aromatic nitrogens is 1. The number of hydrogen-bond acceptors (Lipinski definition) is 7. The summed E-state index contributed by atoms with van der Waals surface area (Å²) in [4.78, 5) is 19.7. The lowest BCUT2D eigenvalue weighted by atomic mass is 10.1. The van der Waals surface area contributed by atoms with Crippen molar-refractivity contribution >= 4 is 50.2 Å². The molecule has 0 atom stereocenters. The van der Waals surface area contributed by atoms with Gasteiger partial charge in [0.2, 0.25) is 5.88 Å². The van der Waals surface area contributed by atoms with E-state index in [-0.39, 0.29) is 26.3 Å². The maximum absolute atomic E-state index is 12.3. The van der Waals surface area contributed by atoms with Crippen LogP contribution in [0.2, 0.25) is 5.02 Å². The highest BCUT2D eigenvalue weighted by Crippen LogP contribution is 2.44. The van der Waals surface area contributed by atoms with Crippen LogP contribution in [0.25, 0.3) is 10.9 Å². The molecule has 0 unspecified atom stereocenters. The number of rotatable bonds is 1. The lowest BCUT2D eigenvalue weighted by molar-refractivity contribution is 0.0240. The van der Waals surface area contributed by atoms with E-state index in [0.717, 1.165) is 0 Å². The molecule has 1 aromatic heterocycles. The Labute approximate surface area is 181 Å². The summed E-state index contributed by atoms with van der Waals surface area (Å²) in [7, 11) is 0. The number of nitriles is 1. The van der Waals surface area contributed by atoms with Crippen molar-refractivity contribution < 1.29 is 19.7 Å². The first kappa shape index (κ1) is 21.3. The van der Waals surface area contributed by atoms with Crippen LogP contribution in [0.15, 0.2) is 10.5 Å². The van der Waals surface area contributed by atoms with Crippen LogP contribution < -0.4 is 4.90 Å². The van der Waals surface area contributed by atoms with Crippen LogP contribution in [0.4, 0.5) is 10.5 Å². The third kappa shape index (κ3) is 4.14. The van der Waals surface area contributed by atoms with Crippen molar-refractivity contribution in [3.63, 3.8) is 0 Å². The first-order valence-electron chi connectivity index (χ1n) is 8.90. The summed E-state index contributed by atoms with van der Waals surface area (Å²) in [5.41, 5.74) is -0.0522. The van der Waals surface area contributed by atoms with Gasteiger partial charge in [0.15, 0.2) is 5.75 Å². The Kier molecular flexibility index (Phi) is 5.70. The summed E-state index contributed by atoms with van der Waals surface area (Å²) in [5.74, 6) is -0.699. The number of benzene rings is 1. The lowest BCUT2D eigenvalue weighted by Gasteiger charge is -2.37. The Balaban J connectivity index is 1.98. The van der Waals surface area contributed by atoms with Crippen LogP contribution in [0.3, 0.4) is 0 Å². The molecular weight excluding hydrogens is 464 g/mol. The van der Waals surface area contributed by atoms with Crippen molar-refractivity contribution in [3.8, 4) is 17.7 Å². The molecule has 1 saturated heterocycles. The minimum atomic E-state index is -0.586. The van der Waals surface area contributed by atoms with Crippen LogP contribution >= 0.6 is 27.5 Å². The molecule has 0 bridgehead atoms. The second-order valence-corrected chi connectivity index (χ2v) is 8.84. The van der Waals surface area contributed by atoms with Gasteiger partial charge >= 0.3 is 6.09 Å². The molecule has 1 fully saturated rings. The first-order valence-corrected chi connectivity index (χ1v) is 10.1. The number of amides is 1. The molecule has 2 N–H and O–H groups in total. The Morgan fingerprint density at radius 2 is 1.93 bits per heavy atom. The van der Waals surface area contributed by atoms with Gasteiger partial charge in [0.25, 0.3) is 0 Å². The highest BCUT2D eigenvalue weighted by Gasteiger charge is 2.29. The van der Waals surface area contributed by atoms with Crippen LogP contribution in [0, 0.1) is 11.3 Å². The number of anilines is 1. The van der Waals surface area contributed by atoms with Crippen LogP contribution in [0.1, 0.15) is 26.3 Å². The fraction of sp³-hybridized carbons (Fsp3) is 0.421. The largest absolute Gasteiger partial charge is 0.504 e. The number of fused-ring (bicyclic) bond motifs is 1. The summed E-state index contributed by atoms with van der Waals surface area (Å²) in [6.07, 6.45) is -0.398. The molecule has 10 heteroatoms. The molecule has 1 aromatic carbocycles. The number of aromatic hydroxyl groups is 2. The number of piperazine rings is 1. The van der Waals surface area contributed by atoms with E-state index < -0.39 is 17.6 Å². The standard InChI is InChI=1S/C19H20BrClN4O4/c1-19(2,3)29-18(28)25-6-4-24(5-7-25)15-10-8-12(21)13(20)16(26)14(10)23-17(27)11(15)9-22/h8,26H,4-7H2,1-3H3,(H,23,27). The summed E-state index contributed by atoms with van der Waals surface area (Å²) in [6.45, 7) is 6.98. The molecular formula is C19H20BrClN4O4. The van der Waals surface area contributed by atoms with Gasteiger partial charge in [-0.25, -0.2) is 9.78 Å². The number of phenols is 1. The van der Waals surface area contributed by atoms with Gasteiger partial charge in [0.1, 0.15) is 22.8 Å². The fourth-order valence-electron chi connectivity index (χ4n) is 3.17. The van der Waals surface area contributed by atoms with Gasteiger partial charge in [-0.1, -0.05) is 11.6 Å². The average Bonchev–Trinajstić information content (AvgIpc) is 2.65. The van der Waals surface area contributed by atoms with E-state index in [1.165, 1.54) is 0 Å². The molecule has 0 aliphatic carbocycles. The molecule has 154 valence electrons. The number of pyridine rings is 1. The topological polar surface area (TPSA) is 110 Å². The maximum Gasteiger partial charge on any atom is 0.410 e. The normalized spacial score (nSPS) is 14.8. The minimum absolute atomic E-state index is 0.0130. The number of carbonyl (C=O) groups excluding carboxylic acids is 1. The molecule has 3 rings (SSSR count). The SMILES string of the molecule is CC(C)(C)OC(=O)N1CCN(c2c(C#N)c(O)nc3c(O)c(Br)c(Cl)cc23)CC1. The predicted octanol–water partition coefficient (Wildman–Crippen LogP) is 3.99. The van der Waals surface area contributed by atoms with E-state index in [1.54, 1.807) is 31.7 Å². The molecule has 0 saturated carbocycles. The third-order valence-electron chi connectivity index (χ3n) is 4.46. The van der Waals surface area contributed by atoms with Crippen LogP contribution in [0.5, 0.6) is 11.6 Å². The van der Waals surface area contributed by atoms with Crippen LogP contribution in [-0.2, 0) is 4.74 Å². The van der Waals surface area contributed by atoms with E-state index in [2.05, 4.69) is 20.9 Å². The van der Waals surface area contributed by atoms with Gasteiger partial charge in [-0.05, 0) is 42.8 Å². The van der Waals surface area contributed by atoms with Crippen molar-refractivity contribution in [2.45, 2.75) is 26.4 Å². The van der Waals surface area contributed by atoms with Gasteiger partial charge in [-0.2, -0.15) is 5.26 Å². The van der Waals surface area contributed by atoms with E-state index in [1.807, 2.05) is 11.0 Å². The van der Waals surface area contributed by atoms with E-state index in [0.29, 0.717) is 37.3 Å². The number of carbonyl (C=O) groups is 1. The Morgan fingerprint density at radius 1 is 1.31 bits per heavy atom. The molecule has 1 aliphatic rings. The molecule has 0 radical (unpaired) electrons. The van der Waals surface area contributed by atoms with Crippen molar-refractivity contribution in [1.29, 1.82) is 5.26 Å². The van der Waals surface area contributed by atoms with Gasteiger partial charge in [0.05, 0.1) is 15.2 Å². The van der Waals surface area contributed by atoms with Crippen molar-refractivity contribution in [1.82, 2.24) is 9.88 Å². The summed E-state index contributed by atoms with van der Waals surface area (Å²) >= 11 is 9.39. The number of ether oxygens (including phenoxy) is 1. The molecule has 29 heavy (non-hydrogen) atoms. The fourth-order valence-corrected chi connectivity index (χ4v) is 3.67. The first-order chi connectivity index (χ1) is 13.5. The predicted molar refractivity (Wildman–Crippen MR) is 113 cm³/mol. The molecule has 2 heterocycles. The monoisotopic (exact) mass is 482 g/mol. The third-order valence-corrected chi connectivity index (χ3v) is 5.79. The quantitative estimate of drug-likeness (QED) is 0.631. The zero-order valence-electron chi connectivity index (χ0n) is 16.2. The molecule has 1 aliphatic heterocycles. The number of halogens is 2.